The maximum Gasteiger partial charge on any atom is 0.251 e. The molecule has 1 N–H and O–H groups in total. The van der Waals surface area contributed by atoms with Gasteiger partial charge in [-0.3, -0.25) is 4.79 Å². The van der Waals surface area contributed by atoms with Crippen LogP contribution in [0.2, 0.25) is 0 Å². The van der Waals surface area contributed by atoms with Crippen molar-refractivity contribution in [2.45, 2.75) is 45.7 Å². The zero-order valence-corrected chi connectivity index (χ0v) is 14.0. The quantitative estimate of drug-likeness (QED) is 0.916. The average Bonchev–Trinajstić information content (AvgIpc) is 2.42. The summed E-state index contributed by atoms with van der Waals surface area (Å²) in [7, 11) is 0. The molecule has 0 atom stereocenters. The van der Waals surface area contributed by atoms with Crippen LogP contribution in [-0.4, -0.2) is 36.0 Å². The number of carbonyl (C=O) groups is 1. The van der Waals surface area contributed by atoms with Crippen molar-refractivity contribution in [3.05, 3.63) is 33.8 Å². The van der Waals surface area contributed by atoms with Gasteiger partial charge in [0.1, 0.15) is 0 Å². The highest BCUT2D eigenvalue weighted by atomic mass is 79.9. The molecule has 110 valence electrons. The highest BCUT2D eigenvalue weighted by Crippen LogP contribution is 2.18. The number of halogens is 1. The molecule has 0 radical (unpaired) electrons. The maximum atomic E-state index is 12.3. The zero-order valence-electron chi connectivity index (χ0n) is 12.4. The third-order valence-electron chi connectivity index (χ3n) is 4.02. The van der Waals surface area contributed by atoms with E-state index >= 15 is 0 Å². The molecule has 0 spiro atoms. The summed E-state index contributed by atoms with van der Waals surface area (Å²) in [6.45, 7) is 8.60. The molecule has 3 nitrogen and oxygen atoms in total. The Morgan fingerprint density at radius 3 is 2.55 bits per heavy atom. The second-order valence-electron chi connectivity index (χ2n) is 5.84. The molecule has 1 aliphatic rings. The van der Waals surface area contributed by atoms with E-state index in [4.69, 9.17) is 0 Å². The smallest absolute Gasteiger partial charge is 0.251 e. The van der Waals surface area contributed by atoms with Crippen molar-refractivity contribution in [1.29, 1.82) is 0 Å². The number of nitrogens with zero attached hydrogens (tertiary/aromatic N) is 1. The minimum atomic E-state index is 0.0450. The summed E-state index contributed by atoms with van der Waals surface area (Å²) in [5.74, 6) is 0.0450. The maximum absolute atomic E-state index is 12.3. The van der Waals surface area contributed by atoms with Gasteiger partial charge >= 0.3 is 0 Å². The van der Waals surface area contributed by atoms with Crippen LogP contribution < -0.4 is 5.32 Å². The predicted octanol–water partition coefficient (Wildman–Crippen LogP) is 3.36. The molecule has 1 aromatic carbocycles. The summed E-state index contributed by atoms with van der Waals surface area (Å²) in [6.07, 6.45) is 2.08. The Labute approximate surface area is 129 Å². The number of benzene rings is 1. The van der Waals surface area contributed by atoms with Crippen LogP contribution in [0.15, 0.2) is 22.7 Å². The standard InChI is InChI=1S/C16H23BrN2O/c1-11(2)19-8-6-14(7-9-19)18-16(20)13-4-5-15(17)12(3)10-13/h4-5,10-11,14H,6-9H2,1-3H3,(H,18,20). The van der Waals surface area contributed by atoms with Crippen LogP contribution in [0.1, 0.15) is 42.6 Å². The SMILES string of the molecule is Cc1cc(C(=O)NC2CCN(C(C)C)CC2)ccc1Br. The third kappa shape index (κ3) is 3.83. The van der Waals surface area contributed by atoms with Gasteiger partial charge in [0.2, 0.25) is 0 Å². The van der Waals surface area contributed by atoms with E-state index in [-0.39, 0.29) is 5.91 Å². The van der Waals surface area contributed by atoms with Crippen molar-refractivity contribution in [1.82, 2.24) is 10.2 Å². The van der Waals surface area contributed by atoms with Crippen LogP contribution >= 0.6 is 15.9 Å². The number of nitrogens with one attached hydrogen (secondary N) is 1. The highest BCUT2D eigenvalue weighted by molar-refractivity contribution is 9.10. The topological polar surface area (TPSA) is 32.3 Å². The minimum Gasteiger partial charge on any atom is -0.349 e. The number of piperidine rings is 1. The van der Waals surface area contributed by atoms with E-state index in [9.17, 15) is 4.79 Å². The number of hydrogen-bond donors (Lipinski definition) is 1. The number of amides is 1. The molecule has 0 saturated carbocycles. The van der Waals surface area contributed by atoms with Gasteiger partial charge in [0, 0.05) is 35.2 Å². The van der Waals surface area contributed by atoms with Crippen LogP contribution in [0.4, 0.5) is 0 Å². The molecule has 0 aliphatic carbocycles. The number of carbonyl (C=O) groups excluding carboxylic acids is 1. The molecule has 1 amide bonds. The number of likely N-dealkylation sites (tertiary alicyclic amines) is 1. The second-order valence-corrected chi connectivity index (χ2v) is 6.70. The van der Waals surface area contributed by atoms with Crippen LogP contribution in [-0.2, 0) is 0 Å². The molecule has 2 rings (SSSR count). The summed E-state index contributed by atoms with van der Waals surface area (Å²) in [5.41, 5.74) is 1.84. The van der Waals surface area contributed by atoms with Crippen LogP contribution in [0, 0.1) is 6.92 Å². The van der Waals surface area contributed by atoms with Crippen LogP contribution in [0.5, 0.6) is 0 Å². The first-order valence-corrected chi connectivity index (χ1v) is 8.07. The van der Waals surface area contributed by atoms with Crippen molar-refractivity contribution >= 4 is 21.8 Å². The zero-order chi connectivity index (χ0) is 14.7. The lowest BCUT2D eigenvalue weighted by Gasteiger charge is -2.34. The largest absolute Gasteiger partial charge is 0.349 e. The monoisotopic (exact) mass is 338 g/mol. The molecular formula is C16H23BrN2O. The van der Waals surface area contributed by atoms with E-state index in [0.29, 0.717) is 12.1 Å². The summed E-state index contributed by atoms with van der Waals surface area (Å²) in [5, 5.41) is 3.16. The van der Waals surface area contributed by atoms with E-state index in [1.165, 1.54) is 0 Å². The molecule has 1 aliphatic heterocycles. The van der Waals surface area contributed by atoms with E-state index in [2.05, 4.69) is 40.0 Å². The normalized spacial score (nSPS) is 17.4. The molecule has 1 fully saturated rings. The lowest BCUT2D eigenvalue weighted by molar-refractivity contribution is 0.0900. The summed E-state index contributed by atoms with van der Waals surface area (Å²) >= 11 is 3.46. The highest BCUT2D eigenvalue weighted by Gasteiger charge is 2.22. The van der Waals surface area contributed by atoms with E-state index < -0.39 is 0 Å². The first-order chi connectivity index (χ1) is 9.47. The molecule has 1 heterocycles. The van der Waals surface area contributed by atoms with Crippen LogP contribution in [0.3, 0.4) is 0 Å². The predicted molar refractivity (Wildman–Crippen MR) is 86.1 cm³/mol. The molecule has 0 aromatic heterocycles. The molecule has 0 unspecified atom stereocenters. The first-order valence-electron chi connectivity index (χ1n) is 7.28. The Morgan fingerprint density at radius 2 is 2.00 bits per heavy atom. The average molecular weight is 339 g/mol. The van der Waals surface area contributed by atoms with Gasteiger partial charge in [-0.25, -0.2) is 0 Å². The van der Waals surface area contributed by atoms with Crippen molar-refractivity contribution in [2.75, 3.05) is 13.1 Å². The molecule has 1 saturated heterocycles. The fraction of sp³-hybridized carbons (Fsp3) is 0.562. The van der Waals surface area contributed by atoms with Gasteiger partial charge in [-0.1, -0.05) is 15.9 Å². The second kappa shape index (κ2) is 6.72. The summed E-state index contributed by atoms with van der Waals surface area (Å²) < 4.78 is 1.04. The molecular weight excluding hydrogens is 316 g/mol. The van der Waals surface area contributed by atoms with Crippen molar-refractivity contribution in [2.24, 2.45) is 0 Å². The van der Waals surface area contributed by atoms with E-state index in [1.807, 2.05) is 25.1 Å². The van der Waals surface area contributed by atoms with Gasteiger partial charge in [-0.05, 0) is 57.4 Å². The van der Waals surface area contributed by atoms with E-state index in [0.717, 1.165) is 41.5 Å². The lowest BCUT2D eigenvalue weighted by atomic mass is 10.0. The van der Waals surface area contributed by atoms with Gasteiger partial charge in [0.15, 0.2) is 0 Å². The van der Waals surface area contributed by atoms with Gasteiger partial charge in [-0.15, -0.1) is 0 Å². The third-order valence-corrected chi connectivity index (χ3v) is 4.90. The number of aryl methyl sites for hydroxylation is 1. The van der Waals surface area contributed by atoms with Gasteiger partial charge in [0.05, 0.1) is 0 Å². The molecule has 20 heavy (non-hydrogen) atoms. The summed E-state index contributed by atoms with van der Waals surface area (Å²) in [6, 6.07) is 6.64. The molecule has 0 bridgehead atoms. The van der Waals surface area contributed by atoms with Crippen molar-refractivity contribution < 1.29 is 4.79 Å². The fourth-order valence-electron chi connectivity index (χ4n) is 2.61. The number of rotatable bonds is 3. The molecule has 1 aromatic rings. The Hall–Kier alpha value is -0.870. The Kier molecular flexibility index (Phi) is 5.22. The van der Waals surface area contributed by atoms with Crippen LogP contribution in [0.25, 0.3) is 0 Å². The Bertz CT molecular complexity index is 479. The molecule has 4 heteroatoms. The fourth-order valence-corrected chi connectivity index (χ4v) is 2.86. The van der Waals surface area contributed by atoms with Gasteiger partial charge in [-0.2, -0.15) is 0 Å². The van der Waals surface area contributed by atoms with E-state index in [1.54, 1.807) is 0 Å². The van der Waals surface area contributed by atoms with Crippen molar-refractivity contribution in [3.8, 4) is 0 Å². The van der Waals surface area contributed by atoms with Crippen molar-refractivity contribution in [3.63, 3.8) is 0 Å². The Balaban J connectivity index is 1.91. The number of hydrogen-bond acceptors (Lipinski definition) is 2. The van der Waals surface area contributed by atoms with Gasteiger partial charge < -0.3 is 10.2 Å². The summed E-state index contributed by atoms with van der Waals surface area (Å²) in [4.78, 5) is 14.7. The lowest BCUT2D eigenvalue weighted by Crippen LogP contribution is -2.46. The first kappa shape index (κ1) is 15.5. The minimum absolute atomic E-state index is 0.0450. The van der Waals surface area contributed by atoms with Gasteiger partial charge in [0.25, 0.3) is 5.91 Å². The Morgan fingerprint density at radius 1 is 1.35 bits per heavy atom.